The lowest BCUT2D eigenvalue weighted by Crippen LogP contribution is -2.04. The molecule has 1 heterocycles. The Kier molecular flexibility index (Phi) is 9.36. The molecule has 3 aromatic rings. The van der Waals surface area contributed by atoms with E-state index in [2.05, 4.69) is 44.2 Å². The zero-order valence-electron chi connectivity index (χ0n) is 18.7. The van der Waals surface area contributed by atoms with Crippen molar-refractivity contribution in [3.8, 4) is 17.6 Å². The van der Waals surface area contributed by atoms with Gasteiger partial charge in [-0.1, -0.05) is 29.3 Å². The molecular weight excluding hydrogens is 590 g/mol. The zero-order chi connectivity index (χ0) is 24.7. The number of nitrogens with one attached hydrogen (secondary N) is 1. The molecule has 176 valence electrons. The fourth-order valence-corrected chi connectivity index (χ4v) is 4.37. The molecule has 0 fully saturated rings. The first-order chi connectivity index (χ1) is 16.4. The number of benzene rings is 2. The Morgan fingerprint density at radius 3 is 2.62 bits per heavy atom. The standard InChI is InChI=1S/C24H21Cl2IN4O3/c1-14-6-17(12-32-2)19(10-28)24(30-14)31-29-11-15-7-21(27)23(22(8-15)33-3)34-13-16-4-5-18(25)9-20(16)26/h4-9,11H,12-13H2,1-3H3,(H,30,31)/b29-11-. The molecule has 0 atom stereocenters. The van der Waals surface area contributed by atoms with Crippen LogP contribution in [0.1, 0.15) is 27.9 Å². The van der Waals surface area contributed by atoms with Crippen LogP contribution in [-0.2, 0) is 18.0 Å². The molecule has 0 saturated heterocycles. The van der Waals surface area contributed by atoms with Crippen LogP contribution in [0.15, 0.2) is 41.5 Å². The van der Waals surface area contributed by atoms with Gasteiger partial charge in [-0.05, 0) is 65.4 Å². The van der Waals surface area contributed by atoms with Gasteiger partial charge in [-0.25, -0.2) is 4.98 Å². The molecule has 0 amide bonds. The van der Waals surface area contributed by atoms with Crippen LogP contribution in [0.5, 0.6) is 11.5 Å². The minimum Gasteiger partial charge on any atom is -0.493 e. The van der Waals surface area contributed by atoms with Gasteiger partial charge < -0.3 is 14.2 Å². The van der Waals surface area contributed by atoms with Crippen molar-refractivity contribution in [1.29, 1.82) is 5.26 Å². The van der Waals surface area contributed by atoms with Crippen molar-refractivity contribution in [2.45, 2.75) is 20.1 Å². The van der Waals surface area contributed by atoms with Gasteiger partial charge in [0.15, 0.2) is 17.3 Å². The predicted molar refractivity (Wildman–Crippen MR) is 142 cm³/mol. The quantitative estimate of drug-likeness (QED) is 0.172. The number of methoxy groups -OCH3 is 2. The summed E-state index contributed by atoms with van der Waals surface area (Å²) in [5.74, 6) is 1.51. The minimum absolute atomic E-state index is 0.261. The van der Waals surface area contributed by atoms with E-state index in [1.54, 1.807) is 38.6 Å². The molecule has 0 bridgehead atoms. The number of rotatable bonds is 9. The number of nitrogens with zero attached hydrogens (tertiary/aromatic N) is 3. The zero-order valence-corrected chi connectivity index (χ0v) is 22.3. The number of aryl methyl sites for hydroxylation is 1. The lowest BCUT2D eigenvalue weighted by atomic mass is 10.1. The fraction of sp³-hybridized carbons (Fsp3) is 0.208. The summed E-state index contributed by atoms with van der Waals surface area (Å²) >= 11 is 14.4. The van der Waals surface area contributed by atoms with Gasteiger partial charge in [0.2, 0.25) is 0 Å². The van der Waals surface area contributed by atoms with E-state index >= 15 is 0 Å². The molecule has 7 nitrogen and oxygen atoms in total. The largest absolute Gasteiger partial charge is 0.493 e. The van der Waals surface area contributed by atoms with Gasteiger partial charge in [-0.2, -0.15) is 10.4 Å². The van der Waals surface area contributed by atoms with Gasteiger partial charge in [0.1, 0.15) is 18.2 Å². The first-order valence-electron chi connectivity index (χ1n) is 9.99. The van der Waals surface area contributed by atoms with E-state index < -0.39 is 0 Å². The molecule has 0 saturated carbocycles. The van der Waals surface area contributed by atoms with Crippen molar-refractivity contribution in [3.63, 3.8) is 0 Å². The van der Waals surface area contributed by atoms with Gasteiger partial charge in [0, 0.05) is 34.0 Å². The number of nitriles is 1. The Hall–Kier alpha value is -2.58. The molecule has 0 aliphatic heterocycles. The molecule has 3 rings (SSSR count). The maximum Gasteiger partial charge on any atom is 0.174 e. The van der Waals surface area contributed by atoms with E-state index in [9.17, 15) is 5.26 Å². The maximum absolute atomic E-state index is 9.55. The number of hydrogen-bond acceptors (Lipinski definition) is 7. The smallest absolute Gasteiger partial charge is 0.174 e. The number of hydrogen-bond donors (Lipinski definition) is 1. The van der Waals surface area contributed by atoms with Crippen LogP contribution in [-0.4, -0.2) is 25.4 Å². The van der Waals surface area contributed by atoms with E-state index in [0.717, 1.165) is 26.0 Å². The number of pyridine rings is 1. The lowest BCUT2D eigenvalue weighted by Gasteiger charge is -2.14. The van der Waals surface area contributed by atoms with E-state index in [1.165, 1.54) is 0 Å². The molecule has 0 aliphatic rings. The third kappa shape index (κ3) is 6.51. The minimum atomic E-state index is 0.261. The summed E-state index contributed by atoms with van der Waals surface area (Å²) in [6.45, 7) is 2.41. The summed E-state index contributed by atoms with van der Waals surface area (Å²) in [4.78, 5) is 4.38. The number of halogens is 3. The summed E-state index contributed by atoms with van der Waals surface area (Å²) in [5, 5.41) is 14.9. The first kappa shape index (κ1) is 26.0. The highest BCUT2D eigenvalue weighted by molar-refractivity contribution is 14.1. The highest BCUT2D eigenvalue weighted by atomic mass is 127. The molecule has 10 heteroatoms. The Labute approximate surface area is 221 Å². The molecule has 0 unspecified atom stereocenters. The molecule has 34 heavy (non-hydrogen) atoms. The Balaban J connectivity index is 1.79. The number of aromatic nitrogens is 1. The van der Waals surface area contributed by atoms with Crippen molar-refractivity contribution in [3.05, 3.63) is 78.0 Å². The molecule has 0 spiro atoms. The molecule has 1 N–H and O–H groups in total. The SMILES string of the molecule is COCc1cc(C)nc(N/N=C\c2cc(I)c(OCc3ccc(Cl)cc3Cl)c(OC)c2)c1C#N. The van der Waals surface area contributed by atoms with Crippen LogP contribution >= 0.6 is 45.8 Å². The topological polar surface area (TPSA) is 88.8 Å². The fourth-order valence-electron chi connectivity index (χ4n) is 3.13. The normalized spacial score (nSPS) is 10.9. The van der Waals surface area contributed by atoms with Gasteiger partial charge >= 0.3 is 0 Å². The van der Waals surface area contributed by atoms with E-state index in [4.69, 9.17) is 37.4 Å². The second kappa shape index (κ2) is 12.2. The number of anilines is 1. The summed E-state index contributed by atoms with van der Waals surface area (Å²) in [6, 6.07) is 12.9. The van der Waals surface area contributed by atoms with E-state index in [-0.39, 0.29) is 6.61 Å². The molecule has 0 radical (unpaired) electrons. The highest BCUT2D eigenvalue weighted by Crippen LogP contribution is 2.35. The third-order valence-corrected chi connectivity index (χ3v) is 6.05. The first-order valence-corrected chi connectivity index (χ1v) is 11.8. The van der Waals surface area contributed by atoms with Crippen molar-refractivity contribution < 1.29 is 14.2 Å². The average Bonchev–Trinajstić information content (AvgIpc) is 2.79. The van der Waals surface area contributed by atoms with E-state index in [0.29, 0.717) is 39.5 Å². The number of ether oxygens (including phenoxy) is 3. The Morgan fingerprint density at radius 1 is 1.15 bits per heavy atom. The van der Waals surface area contributed by atoms with Crippen LogP contribution in [0.3, 0.4) is 0 Å². The second-order valence-electron chi connectivity index (χ2n) is 7.12. The summed E-state index contributed by atoms with van der Waals surface area (Å²) in [7, 11) is 3.15. The average molecular weight is 611 g/mol. The molecule has 2 aromatic carbocycles. The van der Waals surface area contributed by atoms with Crippen LogP contribution in [0.2, 0.25) is 10.0 Å². The summed E-state index contributed by atoms with van der Waals surface area (Å²) < 4.78 is 17.5. The van der Waals surface area contributed by atoms with Gasteiger partial charge in [0.25, 0.3) is 0 Å². The van der Waals surface area contributed by atoms with Crippen LogP contribution in [0.25, 0.3) is 0 Å². The Morgan fingerprint density at radius 2 is 1.94 bits per heavy atom. The summed E-state index contributed by atoms with van der Waals surface area (Å²) in [6.07, 6.45) is 1.62. The van der Waals surface area contributed by atoms with Crippen LogP contribution in [0.4, 0.5) is 5.82 Å². The van der Waals surface area contributed by atoms with Crippen molar-refractivity contribution in [1.82, 2.24) is 4.98 Å². The monoisotopic (exact) mass is 610 g/mol. The van der Waals surface area contributed by atoms with Gasteiger partial charge in [-0.15, -0.1) is 0 Å². The molecule has 0 aliphatic carbocycles. The third-order valence-electron chi connectivity index (χ3n) is 4.66. The lowest BCUT2D eigenvalue weighted by molar-refractivity contribution is 0.184. The summed E-state index contributed by atoms with van der Waals surface area (Å²) in [5.41, 5.74) is 6.33. The van der Waals surface area contributed by atoms with E-state index in [1.807, 2.05) is 25.1 Å². The van der Waals surface area contributed by atoms with Crippen molar-refractivity contribution in [2.75, 3.05) is 19.6 Å². The highest BCUT2D eigenvalue weighted by Gasteiger charge is 2.14. The van der Waals surface area contributed by atoms with Gasteiger partial charge in [-0.3, -0.25) is 5.43 Å². The molecular formula is C24H21Cl2IN4O3. The van der Waals surface area contributed by atoms with Crippen molar-refractivity contribution >= 4 is 57.8 Å². The molecule has 1 aromatic heterocycles. The predicted octanol–water partition coefficient (Wildman–Crippen LogP) is 6.35. The van der Waals surface area contributed by atoms with Crippen LogP contribution in [0, 0.1) is 21.8 Å². The van der Waals surface area contributed by atoms with Crippen LogP contribution < -0.4 is 14.9 Å². The van der Waals surface area contributed by atoms with Crippen molar-refractivity contribution in [2.24, 2.45) is 5.10 Å². The number of hydrazone groups is 1. The van der Waals surface area contributed by atoms with Gasteiger partial charge in [0.05, 0.1) is 23.5 Å². The second-order valence-corrected chi connectivity index (χ2v) is 9.13. The maximum atomic E-state index is 9.55. The Bertz CT molecular complexity index is 1260.